The van der Waals surface area contributed by atoms with Crippen molar-refractivity contribution in [2.75, 3.05) is 79.5 Å². The van der Waals surface area contributed by atoms with Crippen LogP contribution in [-0.4, -0.2) is 153 Å². The molecule has 378 valence electrons. The van der Waals surface area contributed by atoms with E-state index in [4.69, 9.17) is 9.97 Å². The fourth-order valence-electron chi connectivity index (χ4n) is 12.7. The SMILES string of the molecule is CN1CCN(C(=O)N[C@@H](C(=O)N2CCC[C@H]2c2ncc(-c3ccc(C45CCC(c6cnc([C@@H]7CCCN7C(=O)[C@H](NC(=O)N7CCN(C)CC7)c7ccccc7)[nH]6)(CC4)CC5)cc3)[nH]2)c2ccccc2)CC1. The molecule has 4 atom stereocenters. The monoisotopic (exact) mass is 975 g/mol. The van der Waals surface area contributed by atoms with Gasteiger partial charge < -0.3 is 50.0 Å². The second kappa shape index (κ2) is 20.2. The molecule has 0 radical (unpaired) electrons. The van der Waals surface area contributed by atoms with Crippen LogP contribution in [0.25, 0.3) is 11.3 Å². The lowest BCUT2D eigenvalue weighted by molar-refractivity contribution is -0.135. The van der Waals surface area contributed by atoms with E-state index in [1.807, 2.05) is 87.8 Å². The molecule has 12 rings (SSSR count). The van der Waals surface area contributed by atoms with Crippen LogP contribution in [0, 0.1) is 0 Å². The molecule has 72 heavy (non-hydrogen) atoms. The quantitative estimate of drug-likeness (QED) is 0.109. The Bertz CT molecular complexity index is 2680. The summed E-state index contributed by atoms with van der Waals surface area (Å²) < 4.78 is 0. The van der Waals surface area contributed by atoms with Crippen LogP contribution in [0.2, 0.25) is 0 Å². The molecule has 6 heterocycles. The van der Waals surface area contributed by atoms with Gasteiger partial charge in [0, 0.05) is 82.8 Å². The third kappa shape index (κ3) is 9.39. The first-order valence-electron chi connectivity index (χ1n) is 26.5. The highest BCUT2D eigenvalue weighted by Crippen LogP contribution is 2.58. The average Bonchev–Trinajstić information content (AvgIpc) is 4.29. The predicted octanol–water partition coefficient (Wildman–Crippen LogP) is 7.07. The van der Waals surface area contributed by atoms with E-state index < -0.39 is 12.1 Å². The van der Waals surface area contributed by atoms with E-state index in [1.54, 1.807) is 4.90 Å². The number of amides is 6. The molecule has 3 aromatic carbocycles. The first-order valence-corrected chi connectivity index (χ1v) is 26.5. The summed E-state index contributed by atoms with van der Waals surface area (Å²) in [6.07, 6.45) is 13.8. The van der Waals surface area contributed by atoms with E-state index in [1.165, 1.54) is 11.3 Å². The molecule has 4 saturated heterocycles. The molecule has 16 heteroatoms. The predicted molar refractivity (Wildman–Crippen MR) is 275 cm³/mol. The summed E-state index contributed by atoms with van der Waals surface area (Å²) in [6.45, 7) is 6.96. The maximum Gasteiger partial charge on any atom is 0.318 e. The number of benzene rings is 3. The molecule has 3 aliphatic carbocycles. The summed E-state index contributed by atoms with van der Waals surface area (Å²) in [5.41, 5.74) is 6.26. The molecule has 2 bridgehead atoms. The lowest BCUT2D eigenvalue weighted by Crippen LogP contribution is -2.53. The summed E-state index contributed by atoms with van der Waals surface area (Å²) >= 11 is 0. The Morgan fingerprint density at radius 2 is 0.986 bits per heavy atom. The van der Waals surface area contributed by atoms with E-state index in [0.717, 1.165) is 124 Å². The van der Waals surface area contributed by atoms with Gasteiger partial charge in [0.1, 0.15) is 23.7 Å². The van der Waals surface area contributed by atoms with Gasteiger partial charge in [-0.1, -0.05) is 84.9 Å². The Morgan fingerprint density at radius 3 is 1.47 bits per heavy atom. The number of carbonyl (C=O) groups is 4. The molecule has 3 saturated carbocycles. The van der Waals surface area contributed by atoms with E-state index in [-0.39, 0.29) is 46.8 Å². The van der Waals surface area contributed by atoms with Crippen LogP contribution in [0.5, 0.6) is 0 Å². The van der Waals surface area contributed by atoms with E-state index in [2.05, 4.69) is 68.8 Å². The maximum atomic E-state index is 14.5. The summed E-state index contributed by atoms with van der Waals surface area (Å²) in [5.74, 6) is 1.40. The molecule has 7 aliphatic rings. The number of urea groups is 2. The van der Waals surface area contributed by atoms with Gasteiger partial charge in [-0.2, -0.15) is 0 Å². The van der Waals surface area contributed by atoms with Crippen LogP contribution in [0.15, 0.2) is 97.3 Å². The van der Waals surface area contributed by atoms with Gasteiger partial charge in [0.15, 0.2) is 0 Å². The number of nitrogens with one attached hydrogen (secondary N) is 4. The van der Waals surface area contributed by atoms with Gasteiger partial charge in [0.2, 0.25) is 11.8 Å². The van der Waals surface area contributed by atoms with Gasteiger partial charge in [-0.3, -0.25) is 9.59 Å². The minimum absolute atomic E-state index is 0.0303. The van der Waals surface area contributed by atoms with Gasteiger partial charge in [-0.05, 0) is 106 Å². The number of hydrogen-bond acceptors (Lipinski definition) is 8. The standard InChI is InChI=1S/C56H70N12O4/c1-63-29-33-65(34-30-63)53(71)61-47(40-11-5-3-6-12-40)51(69)67-27-9-15-44(67)49-57-37-43(59-49)39-17-19-42(20-18-39)55-21-24-56(25-22-55,26-23-55)46-38-58-50(60-46)45-16-10-28-68(45)52(70)48(41-13-7-4-8-14-41)62-54(72)66-35-31-64(2)32-36-66/h3-8,11-14,17-20,37-38,44-45,47-48H,9-10,15-16,21-36H2,1-2H3,(H,57,59)(H,58,60)(H,61,71)(H,62,72)/t44-,45-,47+,48+,55?,56?/m0/s1. The lowest BCUT2D eigenvalue weighted by Gasteiger charge is -2.53. The van der Waals surface area contributed by atoms with Crippen LogP contribution in [0.4, 0.5) is 9.59 Å². The largest absolute Gasteiger partial charge is 0.344 e. The zero-order chi connectivity index (χ0) is 49.4. The topological polar surface area (TPSA) is 169 Å². The molecule has 16 nitrogen and oxygen atoms in total. The van der Waals surface area contributed by atoms with Gasteiger partial charge in [0.05, 0.1) is 24.0 Å². The molecular formula is C56H70N12O4. The average molecular weight is 975 g/mol. The normalized spacial score (nSPS) is 25.6. The van der Waals surface area contributed by atoms with Gasteiger partial charge in [0.25, 0.3) is 0 Å². The van der Waals surface area contributed by atoms with Crippen LogP contribution in [0.3, 0.4) is 0 Å². The van der Waals surface area contributed by atoms with Crippen LogP contribution < -0.4 is 10.6 Å². The van der Waals surface area contributed by atoms with Gasteiger partial charge in [-0.15, -0.1) is 0 Å². The van der Waals surface area contributed by atoms with E-state index >= 15 is 0 Å². The number of H-pyrrole nitrogens is 2. The number of likely N-dealkylation sites (N-methyl/N-ethyl adjacent to an activating group) is 2. The van der Waals surface area contributed by atoms with Crippen LogP contribution in [0.1, 0.15) is 122 Å². The minimum Gasteiger partial charge on any atom is -0.344 e. The Balaban J connectivity index is 0.732. The lowest BCUT2D eigenvalue weighted by atomic mass is 9.51. The van der Waals surface area contributed by atoms with Gasteiger partial charge >= 0.3 is 12.1 Å². The van der Waals surface area contributed by atoms with Crippen molar-refractivity contribution in [2.45, 2.75) is 99.2 Å². The van der Waals surface area contributed by atoms with Crippen molar-refractivity contribution in [1.82, 2.24) is 60.0 Å². The van der Waals surface area contributed by atoms with Crippen LogP contribution in [-0.2, 0) is 20.4 Å². The highest BCUT2D eigenvalue weighted by atomic mass is 16.2. The zero-order valence-electron chi connectivity index (χ0n) is 41.9. The number of aromatic nitrogens is 4. The molecule has 0 spiro atoms. The number of aromatic amines is 2. The second-order valence-electron chi connectivity index (χ2n) is 21.5. The van der Waals surface area contributed by atoms with Crippen molar-refractivity contribution in [1.29, 1.82) is 0 Å². The number of carbonyl (C=O) groups excluding carboxylic acids is 4. The third-order valence-corrected chi connectivity index (χ3v) is 17.4. The number of piperazine rings is 2. The highest BCUT2D eigenvalue weighted by molar-refractivity contribution is 5.89. The Kier molecular flexibility index (Phi) is 13.4. The van der Waals surface area contributed by atoms with Gasteiger partial charge in [-0.25, -0.2) is 19.6 Å². The third-order valence-electron chi connectivity index (χ3n) is 17.4. The molecule has 6 amide bonds. The summed E-state index contributed by atoms with van der Waals surface area (Å²) in [4.78, 5) is 85.2. The first kappa shape index (κ1) is 47.8. The number of imidazole rings is 2. The van der Waals surface area contributed by atoms with Crippen LogP contribution >= 0.6 is 0 Å². The van der Waals surface area contributed by atoms with Crippen molar-refractivity contribution in [3.63, 3.8) is 0 Å². The molecular weight excluding hydrogens is 905 g/mol. The van der Waals surface area contributed by atoms with Crippen molar-refractivity contribution in [3.8, 4) is 11.3 Å². The van der Waals surface area contributed by atoms with Crippen molar-refractivity contribution >= 4 is 23.9 Å². The fraction of sp³-hybridized carbons (Fsp3) is 0.500. The zero-order valence-corrected chi connectivity index (χ0v) is 41.9. The fourth-order valence-corrected chi connectivity index (χ4v) is 12.7. The molecule has 0 unspecified atom stereocenters. The molecule has 5 aromatic rings. The smallest absolute Gasteiger partial charge is 0.318 e. The highest BCUT2D eigenvalue weighted by Gasteiger charge is 2.51. The minimum atomic E-state index is -0.796. The molecule has 4 aliphatic heterocycles. The number of nitrogens with zero attached hydrogens (tertiary/aromatic N) is 8. The number of hydrogen-bond donors (Lipinski definition) is 4. The number of rotatable bonds is 11. The number of likely N-dealkylation sites (tertiary alicyclic amines) is 2. The Hall–Kier alpha value is -6.52. The van der Waals surface area contributed by atoms with E-state index in [0.29, 0.717) is 39.3 Å². The van der Waals surface area contributed by atoms with E-state index in [9.17, 15) is 19.2 Å². The Morgan fingerprint density at radius 1 is 0.542 bits per heavy atom. The second-order valence-corrected chi connectivity index (χ2v) is 21.5. The number of fused-ring (bicyclic) bond motifs is 3. The summed E-state index contributed by atoms with van der Waals surface area (Å²) in [5, 5.41) is 6.23. The summed E-state index contributed by atoms with van der Waals surface area (Å²) in [6, 6.07) is 25.9. The van der Waals surface area contributed by atoms with Crippen molar-refractivity contribution in [2.24, 2.45) is 0 Å². The summed E-state index contributed by atoms with van der Waals surface area (Å²) in [7, 11) is 4.12. The molecule has 4 N–H and O–H groups in total. The maximum absolute atomic E-state index is 14.5. The molecule has 7 fully saturated rings. The van der Waals surface area contributed by atoms with Crippen molar-refractivity contribution in [3.05, 3.63) is 131 Å². The Labute approximate surface area is 422 Å². The first-order chi connectivity index (χ1) is 35.1. The van der Waals surface area contributed by atoms with Crippen molar-refractivity contribution < 1.29 is 19.2 Å². The molecule has 2 aromatic heterocycles.